The molecular formula is C9H9F2NO4S. The molecule has 1 rings (SSSR count). The molecule has 0 aliphatic carbocycles. The molecule has 0 fully saturated rings. The summed E-state index contributed by atoms with van der Waals surface area (Å²) in [5.41, 5.74) is -0.900. The largest absolute Gasteiger partial charge is 0.478 e. The van der Waals surface area contributed by atoms with Crippen LogP contribution in [0.5, 0.6) is 0 Å². The minimum Gasteiger partial charge on any atom is -0.478 e. The molecule has 0 unspecified atom stereocenters. The lowest BCUT2D eigenvalue weighted by atomic mass is 10.2. The molecule has 0 aliphatic rings. The normalized spacial score (nSPS) is 11.5. The van der Waals surface area contributed by atoms with Gasteiger partial charge in [0.15, 0.2) is 0 Å². The first kappa shape index (κ1) is 13.5. The molecular weight excluding hydrogens is 256 g/mol. The van der Waals surface area contributed by atoms with E-state index in [0.29, 0.717) is 6.07 Å². The van der Waals surface area contributed by atoms with Gasteiger partial charge in [0.25, 0.3) is 0 Å². The predicted octanol–water partition coefficient (Wildman–Crippen LogP) is 0.961. The first-order valence-corrected chi connectivity index (χ1v) is 6.00. The first-order chi connectivity index (χ1) is 7.79. The third-order valence-electron chi connectivity index (χ3n) is 1.88. The minimum absolute atomic E-state index is 0.00154. The molecule has 0 heterocycles. The van der Waals surface area contributed by atoms with Crippen LogP contribution in [0, 0.1) is 11.6 Å². The highest BCUT2D eigenvalue weighted by atomic mass is 32.2. The molecule has 2 N–H and O–H groups in total. The molecule has 8 heteroatoms. The van der Waals surface area contributed by atoms with E-state index in [1.54, 1.807) is 0 Å². The van der Waals surface area contributed by atoms with Crippen LogP contribution in [0.1, 0.15) is 17.3 Å². The molecule has 0 radical (unpaired) electrons. The molecule has 17 heavy (non-hydrogen) atoms. The number of halogens is 2. The summed E-state index contributed by atoms with van der Waals surface area (Å²) in [6.07, 6.45) is 0. The van der Waals surface area contributed by atoms with Crippen LogP contribution in [0.3, 0.4) is 0 Å². The number of aromatic carboxylic acids is 1. The van der Waals surface area contributed by atoms with Crippen LogP contribution < -0.4 is 4.72 Å². The Balaban J connectivity index is 3.45. The third-order valence-corrected chi connectivity index (χ3v) is 3.44. The zero-order chi connectivity index (χ0) is 13.2. The lowest BCUT2D eigenvalue weighted by Gasteiger charge is -2.07. The zero-order valence-electron chi connectivity index (χ0n) is 8.70. The van der Waals surface area contributed by atoms with E-state index in [1.165, 1.54) is 6.92 Å². The van der Waals surface area contributed by atoms with Gasteiger partial charge in [-0.15, -0.1) is 0 Å². The van der Waals surface area contributed by atoms with Crippen molar-refractivity contribution in [2.45, 2.75) is 11.8 Å². The molecule has 0 aromatic heterocycles. The fourth-order valence-corrected chi connectivity index (χ4v) is 2.29. The molecule has 0 amide bonds. The molecule has 0 saturated heterocycles. The number of nitrogens with one attached hydrogen (secondary N) is 1. The Morgan fingerprint density at radius 2 is 1.94 bits per heavy atom. The monoisotopic (exact) mass is 265 g/mol. The van der Waals surface area contributed by atoms with Gasteiger partial charge in [-0.3, -0.25) is 0 Å². The Morgan fingerprint density at radius 1 is 1.35 bits per heavy atom. The number of hydrogen-bond donors (Lipinski definition) is 2. The fraction of sp³-hybridized carbons (Fsp3) is 0.222. The van der Waals surface area contributed by atoms with E-state index in [4.69, 9.17) is 5.11 Å². The van der Waals surface area contributed by atoms with Crippen LogP contribution in [-0.2, 0) is 10.0 Å². The summed E-state index contributed by atoms with van der Waals surface area (Å²) in [6.45, 7) is 1.47. The number of carbonyl (C=O) groups is 1. The Kier molecular flexibility index (Phi) is 3.79. The molecule has 0 atom stereocenters. The van der Waals surface area contributed by atoms with Crippen LogP contribution in [0.4, 0.5) is 8.78 Å². The van der Waals surface area contributed by atoms with Gasteiger partial charge < -0.3 is 5.11 Å². The molecule has 0 bridgehead atoms. The maximum atomic E-state index is 13.3. The summed E-state index contributed by atoms with van der Waals surface area (Å²) >= 11 is 0. The van der Waals surface area contributed by atoms with Crippen molar-refractivity contribution < 1.29 is 27.1 Å². The van der Waals surface area contributed by atoms with Gasteiger partial charge in [0, 0.05) is 12.6 Å². The summed E-state index contributed by atoms with van der Waals surface area (Å²) in [5.74, 6) is -4.34. The van der Waals surface area contributed by atoms with E-state index >= 15 is 0 Å². The average Bonchev–Trinajstić information content (AvgIpc) is 2.15. The van der Waals surface area contributed by atoms with Gasteiger partial charge in [0.2, 0.25) is 10.0 Å². The number of hydrogen-bond acceptors (Lipinski definition) is 3. The molecule has 0 aliphatic heterocycles. The highest BCUT2D eigenvalue weighted by molar-refractivity contribution is 7.89. The first-order valence-electron chi connectivity index (χ1n) is 4.51. The van der Waals surface area contributed by atoms with Crippen molar-refractivity contribution in [3.05, 3.63) is 29.3 Å². The van der Waals surface area contributed by atoms with Crippen LogP contribution >= 0.6 is 0 Å². The number of sulfonamides is 1. The highest BCUT2D eigenvalue weighted by Gasteiger charge is 2.23. The number of benzene rings is 1. The van der Waals surface area contributed by atoms with Gasteiger partial charge in [-0.05, 0) is 6.07 Å². The highest BCUT2D eigenvalue weighted by Crippen LogP contribution is 2.19. The Bertz CT molecular complexity index is 556. The quantitative estimate of drug-likeness (QED) is 0.849. The van der Waals surface area contributed by atoms with Crippen molar-refractivity contribution in [1.82, 2.24) is 4.72 Å². The smallest absolute Gasteiger partial charge is 0.338 e. The van der Waals surface area contributed by atoms with E-state index in [-0.39, 0.29) is 12.6 Å². The number of rotatable bonds is 4. The van der Waals surface area contributed by atoms with Crippen LogP contribution in [0.25, 0.3) is 0 Å². The SMILES string of the molecule is CCNS(=O)(=O)c1cc(C(=O)O)c(F)cc1F. The topological polar surface area (TPSA) is 83.5 Å². The van der Waals surface area contributed by atoms with Gasteiger partial charge in [0.1, 0.15) is 16.5 Å². The van der Waals surface area contributed by atoms with Crippen LogP contribution in [0.15, 0.2) is 17.0 Å². The maximum Gasteiger partial charge on any atom is 0.338 e. The van der Waals surface area contributed by atoms with Crippen LogP contribution in [0.2, 0.25) is 0 Å². The Morgan fingerprint density at radius 3 is 2.41 bits per heavy atom. The van der Waals surface area contributed by atoms with Crippen molar-refractivity contribution >= 4 is 16.0 Å². The summed E-state index contributed by atoms with van der Waals surface area (Å²) in [7, 11) is -4.17. The number of carboxylic acids is 1. The molecule has 5 nitrogen and oxygen atoms in total. The predicted molar refractivity (Wildman–Crippen MR) is 54.2 cm³/mol. The van der Waals surface area contributed by atoms with Crippen molar-refractivity contribution in [3.63, 3.8) is 0 Å². The van der Waals surface area contributed by atoms with Gasteiger partial charge in [-0.25, -0.2) is 26.7 Å². The fourth-order valence-electron chi connectivity index (χ4n) is 1.17. The van der Waals surface area contributed by atoms with Gasteiger partial charge >= 0.3 is 5.97 Å². The zero-order valence-corrected chi connectivity index (χ0v) is 9.51. The van der Waals surface area contributed by atoms with Gasteiger partial charge in [0.05, 0.1) is 5.56 Å². The summed E-state index contributed by atoms with van der Waals surface area (Å²) < 4.78 is 51.2. The third kappa shape index (κ3) is 2.77. The van der Waals surface area contributed by atoms with E-state index in [9.17, 15) is 22.0 Å². The van der Waals surface area contributed by atoms with Gasteiger partial charge in [-0.1, -0.05) is 6.92 Å². The van der Waals surface area contributed by atoms with E-state index in [1.807, 2.05) is 4.72 Å². The van der Waals surface area contributed by atoms with Crippen molar-refractivity contribution in [3.8, 4) is 0 Å². The Labute approximate surface area is 96.1 Å². The second kappa shape index (κ2) is 4.76. The maximum absolute atomic E-state index is 13.3. The summed E-state index contributed by atoms with van der Waals surface area (Å²) in [4.78, 5) is 9.70. The molecule has 94 valence electrons. The van der Waals surface area contributed by atoms with Crippen molar-refractivity contribution in [1.29, 1.82) is 0 Å². The van der Waals surface area contributed by atoms with Crippen molar-refractivity contribution in [2.24, 2.45) is 0 Å². The average molecular weight is 265 g/mol. The van der Waals surface area contributed by atoms with Crippen LogP contribution in [-0.4, -0.2) is 26.0 Å². The minimum atomic E-state index is -4.17. The molecule has 0 saturated carbocycles. The Hall–Kier alpha value is -1.54. The van der Waals surface area contributed by atoms with E-state index < -0.39 is 38.1 Å². The number of carboxylic acid groups (broad SMARTS) is 1. The van der Waals surface area contributed by atoms with Gasteiger partial charge in [-0.2, -0.15) is 0 Å². The lowest BCUT2D eigenvalue weighted by Crippen LogP contribution is -2.24. The molecule has 1 aromatic rings. The second-order valence-electron chi connectivity index (χ2n) is 3.07. The van der Waals surface area contributed by atoms with Crippen molar-refractivity contribution in [2.75, 3.05) is 6.54 Å². The molecule has 0 spiro atoms. The second-order valence-corrected chi connectivity index (χ2v) is 4.80. The standard InChI is InChI=1S/C9H9F2NO4S/c1-2-12-17(15,16)8-3-5(9(13)14)6(10)4-7(8)11/h3-4,12H,2H2,1H3,(H,13,14). The summed E-state index contributed by atoms with van der Waals surface area (Å²) in [5, 5.41) is 8.60. The van der Waals surface area contributed by atoms with E-state index in [0.717, 1.165) is 0 Å². The summed E-state index contributed by atoms with van der Waals surface area (Å²) in [6, 6.07) is 0.679. The lowest BCUT2D eigenvalue weighted by molar-refractivity contribution is 0.0691. The molecule has 1 aromatic carbocycles. The van der Waals surface area contributed by atoms with E-state index in [2.05, 4.69) is 0 Å².